The number of carbonyl (C=O) groups is 1. The standard InChI is InChI=1S/C15H19N5O2/c1-11-18-14(19-22-11)10-17-15(21)20-8-4-13(5-9-20)12-2-6-16-7-3-12/h2-3,6-7,13H,4-5,8-10H2,1H3,(H,17,21). The summed E-state index contributed by atoms with van der Waals surface area (Å²) in [6.07, 6.45) is 5.58. The highest BCUT2D eigenvalue weighted by Gasteiger charge is 2.23. The molecule has 3 rings (SSSR count). The lowest BCUT2D eigenvalue weighted by Gasteiger charge is -2.32. The first-order valence-corrected chi connectivity index (χ1v) is 7.44. The second-order valence-electron chi connectivity index (χ2n) is 5.43. The van der Waals surface area contributed by atoms with Crippen LogP contribution >= 0.6 is 0 Å². The van der Waals surface area contributed by atoms with Crippen molar-refractivity contribution in [3.05, 3.63) is 41.8 Å². The highest BCUT2D eigenvalue weighted by molar-refractivity contribution is 5.74. The van der Waals surface area contributed by atoms with Gasteiger partial charge in [-0.25, -0.2) is 4.79 Å². The molecule has 1 saturated heterocycles. The fraction of sp³-hybridized carbons (Fsp3) is 0.467. The van der Waals surface area contributed by atoms with E-state index in [4.69, 9.17) is 4.52 Å². The predicted octanol–water partition coefficient (Wildman–Crippen LogP) is 1.86. The molecule has 2 aromatic rings. The second kappa shape index (κ2) is 6.55. The Bertz CT molecular complexity index is 620. The van der Waals surface area contributed by atoms with Crippen LogP contribution in [0.1, 0.15) is 36.0 Å². The van der Waals surface area contributed by atoms with Gasteiger partial charge in [0.1, 0.15) is 0 Å². The summed E-state index contributed by atoms with van der Waals surface area (Å²) in [6, 6.07) is 4.04. The van der Waals surface area contributed by atoms with Crippen molar-refractivity contribution in [1.82, 2.24) is 25.3 Å². The van der Waals surface area contributed by atoms with Gasteiger partial charge in [-0.1, -0.05) is 5.16 Å². The van der Waals surface area contributed by atoms with Crippen LogP contribution in [0.15, 0.2) is 29.0 Å². The minimum Gasteiger partial charge on any atom is -0.340 e. The molecule has 1 fully saturated rings. The quantitative estimate of drug-likeness (QED) is 0.935. The van der Waals surface area contributed by atoms with Crippen LogP contribution in [0.25, 0.3) is 0 Å². The van der Waals surface area contributed by atoms with E-state index >= 15 is 0 Å². The number of aryl methyl sites for hydroxylation is 1. The number of aromatic nitrogens is 3. The number of nitrogens with one attached hydrogen (secondary N) is 1. The minimum absolute atomic E-state index is 0.0735. The molecule has 1 aliphatic rings. The van der Waals surface area contributed by atoms with Gasteiger partial charge in [-0.05, 0) is 36.5 Å². The Morgan fingerprint density at radius 2 is 2.09 bits per heavy atom. The first-order chi connectivity index (χ1) is 10.7. The van der Waals surface area contributed by atoms with Gasteiger partial charge in [0.25, 0.3) is 0 Å². The summed E-state index contributed by atoms with van der Waals surface area (Å²) in [5.41, 5.74) is 1.30. The molecular weight excluding hydrogens is 282 g/mol. The Hall–Kier alpha value is -2.44. The maximum atomic E-state index is 12.1. The molecule has 0 aromatic carbocycles. The third kappa shape index (κ3) is 3.41. The van der Waals surface area contributed by atoms with Gasteiger partial charge >= 0.3 is 6.03 Å². The number of urea groups is 1. The van der Waals surface area contributed by atoms with Crippen molar-refractivity contribution < 1.29 is 9.32 Å². The summed E-state index contributed by atoms with van der Waals surface area (Å²) in [5.74, 6) is 1.51. The fourth-order valence-electron chi connectivity index (χ4n) is 2.73. The lowest BCUT2D eigenvalue weighted by atomic mass is 9.90. The molecule has 7 nitrogen and oxygen atoms in total. The van der Waals surface area contributed by atoms with Crippen LogP contribution in [0.3, 0.4) is 0 Å². The molecule has 0 atom stereocenters. The summed E-state index contributed by atoms with van der Waals surface area (Å²) < 4.78 is 4.87. The number of hydrogen-bond donors (Lipinski definition) is 1. The van der Waals surface area contributed by atoms with Gasteiger partial charge in [0.2, 0.25) is 5.89 Å². The van der Waals surface area contributed by atoms with Crippen molar-refractivity contribution in [3.8, 4) is 0 Å². The third-order valence-electron chi connectivity index (χ3n) is 3.93. The molecule has 1 N–H and O–H groups in total. The Labute approximate surface area is 128 Å². The number of piperidine rings is 1. The van der Waals surface area contributed by atoms with Crippen LogP contribution in [0.5, 0.6) is 0 Å². The summed E-state index contributed by atoms with van der Waals surface area (Å²) in [4.78, 5) is 22.1. The molecular formula is C15H19N5O2. The van der Waals surface area contributed by atoms with Crippen LogP contribution in [-0.2, 0) is 6.54 Å². The van der Waals surface area contributed by atoms with Gasteiger partial charge in [0, 0.05) is 32.4 Å². The number of pyridine rings is 1. The maximum absolute atomic E-state index is 12.1. The number of nitrogens with zero attached hydrogens (tertiary/aromatic N) is 4. The number of amides is 2. The van der Waals surface area contributed by atoms with E-state index in [0.717, 1.165) is 25.9 Å². The molecule has 0 aliphatic carbocycles. The number of hydrogen-bond acceptors (Lipinski definition) is 5. The Kier molecular flexibility index (Phi) is 4.32. The lowest BCUT2D eigenvalue weighted by Crippen LogP contribution is -2.43. The topological polar surface area (TPSA) is 84.2 Å². The van der Waals surface area contributed by atoms with Crippen molar-refractivity contribution in [2.24, 2.45) is 0 Å². The van der Waals surface area contributed by atoms with E-state index < -0.39 is 0 Å². The Morgan fingerprint density at radius 1 is 1.36 bits per heavy atom. The molecule has 0 unspecified atom stereocenters. The average molecular weight is 301 g/mol. The zero-order valence-electron chi connectivity index (χ0n) is 12.5. The molecule has 2 amide bonds. The summed E-state index contributed by atoms with van der Waals surface area (Å²) >= 11 is 0. The molecule has 1 aliphatic heterocycles. The molecule has 22 heavy (non-hydrogen) atoms. The van der Waals surface area contributed by atoms with Crippen LogP contribution < -0.4 is 5.32 Å². The van der Waals surface area contributed by atoms with Gasteiger partial charge in [-0.2, -0.15) is 4.98 Å². The third-order valence-corrected chi connectivity index (χ3v) is 3.93. The maximum Gasteiger partial charge on any atom is 0.317 e. The fourth-order valence-corrected chi connectivity index (χ4v) is 2.73. The van der Waals surface area contributed by atoms with E-state index in [1.807, 2.05) is 17.3 Å². The van der Waals surface area contributed by atoms with Gasteiger partial charge in [0.05, 0.1) is 6.54 Å². The molecule has 7 heteroatoms. The molecule has 116 valence electrons. The van der Waals surface area contributed by atoms with Crippen molar-refractivity contribution in [3.63, 3.8) is 0 Å². The SMILES string of the molecule is Cc1nc(CNC(=O)N2CCC(c3ccncc3)CC2)no1. The molecule has 3 heterocycles. The molecule has 0 spiro atoms. The van der Waals surface area contributed by atoms with Gasteiger partial charge in [0.15, 0.2) is 5.82 Å². The van der Waals surface area contributed by atoms with E-state index in [9.17, 15) is 4.79 Å². The van der Waals surface area contributed by atoms with Gasteiger partial charge in [-0.15, -0.1) is 0 Å². The highest BCUT2D eigenvalue weighted by Crippen LogP contribution is 2.27. The van der Waals surface area contributed by atoms with Crippen molar-refractivity contribution in [1.29, 1.82) is 0 Å². The monoisotopic (exact) mass is 301 g/mol. The number of likely N-dealkylation sites (tertiary alicyclic amines) is 1. The molecule has 0 saturated carbocycles. The second-order valence-corrected chi connectivity index (χ2v) is 5.43. The van der Waals surface area contributed by atoms with Crippen molar-refractivity contribution >= 4 is 6.03 Å². The Balaban J connectivity index is 1.47. The largest absolute Gasteiger partial charge is 0.340 e. The smallest absolute Gasteiger partial charge is 0.317 e. The number of carbonyl (C=O) groups excluding carboxylic acids is 1. The molecule has 2 aromatic heterocycles. The van der Waals surface area contributed by atoms with Crippen LogP contribution in [0.4, 0.5) is 4.79 Å². The van der Waals surface area contributed by atoms with Gasteiger partial charge in [-0.3, -0.25) is 4.98 Å². The normalized spacial score (nSPS) is 15.8. The average Bonchev–Trinajstić information content (AvgIpc) is 2.99. The van der Waals surface area contributed by atoms with E-state index in [0.29, 0.717) is 24.2 Å². The Morgan fingerprint density at radius 3 is 2.73 bits per heavy atom. The van der Waals surface area contributed by atoms with Crippen LogP contribution in [0, 0.1) is 6.92 Å². The van der Waals surface area contributed by atoms with E-state index in [2.05, 4.69) is 32.6 Å². The highest BCUT2D eigenvalue weighted by atomic mass is 16.5. The van der Waals surface area contributed by atoms with E-state index in [1.165, 1.54) is 5.56 Å². The zero-order valence-corrected chi connectivity index (χ0v) is 12.5. The summed E-state index contributed by atoms with van der Waals surface area (Å²) in [7, 11) is 0. The predicted molar refractivity (Wildman–Crippen MR) is 79.1 cm³/mol. The summed E-state index contributed by atoms with van der Waals surface area (Å²) in [6.45, 7) is 3.52. The van der Waals surface area contributed by atoms with Crippen LogP contribution in [0.2, 0.25) is 0 Å². The van der Waals surface area contributed by atoms with Crippen LogP contribution in [-0.4, -0.2) is 39.1 Å². The first kappa shape index (κ1) is 14.5. The number of rotatable bonds is 3. The van der Waals surface area contributed by atoms with Crippen molar-refractivity contribution in [2.75, 3.05) is 13.1 Å². The van der Waals surface area contributed by atoms with Gasteiger partial charge < -0.3 is 14.7 Å². The van der Waals surface area contributed by atoms with E-state index in [-0.39, 0.29) is 6.03 Å². The lowest BCUT2D eigenvalue weighted by molar-refractivity contribution is 0.180. The van der Waals surface area contributed by atoms with Crippen molar-refractivity contribution in [2.45, 2.75) is 32.2 Å². The molecule has 0 radical (unpaired) electrons. The molecule has 0 bridgehead atoms. The summed E-state index contributed by atoms with van der Waals surface area (Å²) in [5, 5.41) is 6.59. The zero-order chi connectivity index (χ0) is 15.4. The minimum atomic E-state index is -0.0735. The van der Waals surface area contributed by atoms with E-state index in [1.54, 1.807) is 6.92 Å². The first-order valence-electron chi connectivity index (χ1n) is 7.44.